The maximum atomic E-state index is 12.5. The number of hydrogen-bond donors (Lipinski definition) is 1. The first-order valence-electron chi connectivity index (χ1n) is 8.75. The molecule has 0 radical (unpaired) electrons. The molecule has 2 aromatic carbocycles. The molecule has 29 heavy (non-hydrogen) atoms. The zero-order chi connectivity index (χ0) is 20.8. The number of ether oxygens (including phenoxy) is 2. The number of hydrogen-bond acceptors (Lipinski definition) is 6. The number of non-ortho nitro benzene ring substituents is 1. The van der Waals surface area contributed by atoms with E-state index in [4.69, 9.17) is 9.47 Å². The first-order valence-corrected chi connectivity index (χ1v) is 8.75. The lowest BCUT2D eigenvalue weighted by molar-refractivity contribution is -0.384. The zero-order valence-corrected chi connectivity index (χ0v) is 15.9. The molecule has 1 unspecified atom stereocenters. The Morgan fingerprint density at radius 1 is 1.17 bits per heavy atom. The van der Waals surface area contributed by atoms with Gasteiger partial charge in [-0.3, -0.25) is 14.9 Å². The smallest absolute Gasteiger partial charge is 0.269 e. The highest BCUT2D eigenvalue weighted by Crippen LogP contribution is 2.23. The molecule has 150 valence electrons. The van der Waals surface area contributed by atoms with Crippen LogP contribution in [0.25, 0.3) is 0 Å². The summed E-state index contributed by atoms with van der Waals surface area (Å²) in [5.74, 6) is 1.38. The molecule has 0 fully saturated rings. The minimum absolute atomic E-state index is 0.0452. The number of amides is 1. The topological polar surface area (TPSA) is 109 Å². The highest BCUT2D eigenvalue weighted by atomic mass is 16.6. The van der Waals surface area contributed by atoms with Gasteiger partial charge in [0.2, 0.25) is 0 Å². The predicted octanol–water partition coefficient (Wildman–Crippen LogP) is 2.62. The fraction of sp³-hybridized carbons (Fsp3) is 0.200. The summed E-state index contributed by atoms with van der Waals surface area (Å²) in [6.07, 6.45) is 3.46. The van der Waals surface area contributed by atoms with Gasteiger partial charge in [-0.1, -0.05) is 12.1 Å². The molecule has 0 spiro atoms. The van der Waals surface area contributed by atoms with Crippen LogP contribution < -0.4 is 14.8 Å². The van der Waals surface area contributed by atoms with Gasteiger partial charge in [0.25, 0.3) is 11.6 Å². The van der Waals surface area contributed by atoms with Gasteiger partial charge in [-0.15, -0.1) is 0 Å². The van der Waals surface area contributed by atoms with Crippen molar-refractivity contribution in [2.45, 2.75) is 6.04 Å². The lowest BCUT2D eigenvalue weighted by Crippen LogP contribution is -2.34. The van der Waals surface area contributed by atoms with Gasteiger partial charge in [-0.05, 0) is 29.8 Å². The van der Waals surface area contributed by atoms with E-state index in [0.717, 1.165) is 5.56 Å². The summed E-state index contributed by atoms with van der Waals surface area (Å²) in [4.78, 5) is 27.0. The van der Waals surface area contributed by atoms with Crippen LogP contribution in [0.3, 0.4) is 0 Å². The van der Waals surface area contributed by atoms with E-state index in [1.807, 2.05) is 35.9 Å². The zero-order valence-electron chi connectivity index (χ0n) is 15.9. The second-order valence-corrected chi connectivity index (χ2v) is 6.21. The Kier molecular flexibility index (Phi) is 6.08. The summed E-state index contributed by atoms with van der Waals surface area (Å²) >= 11 is 0. The van der Waals surface area contributed by atoms with Crippen molar-refractivity contribution in [2.24, 2.45) is 7.05 Å². The number of carbonyl (C=O) groups is 1. The monoisotopic (exact) mass is 396 g/mol. The predicted molar refractivity (Wildman–Crippen MR) is 105 cm³/mol. The number of benzene rings is 2. The van der Waals surface area contributed by atoms with E-state index in [1.54, 1.807) is 19.5 Å². The Morgan fingerprint density at radius 2 is 1.83 bits per heavy atom. The Bertz CT molecular complexity index is 983. The molecule has 9 heteroatoms. The molecular formula is C20H20N4O5. The third-order valence-electron chi connectivity index (χ3n) is 4.29. The van der Waals surface area contributed by atoms with Crippen molar-refractivity contribution in [3.63, 3.8) is 0 Å². The van der Waals surface area contributed by atoms with Gasteiger partial charge in [0.1, 0.15) is 23.4 Å². The number of carbonyl (C=O) groups excluding carboxylic acids is 1. The Hall–Kier alpha value is -3.88. The van der Waals surface area contributed by atoms with Crippen molar-refractivity contribution in [3.8, 4) is 11.5 Å². The molecule has 0 bridgehead atoms. The van der Waals surface area contributed by atoms with E-state index in [9.17, 15) is 14.9 Å². The Balaban J connectivity index is 1.70. The second-order valence-electron chi connectivity index (χ2n) is 6.21. The summed E-state index contributed by atoms with van der Waals surface area (Å²) in [7, 11) is 3.43. The van der Waals surface area contributed by atoms with Crippen LogP contribution in [0.1, 0.15) is 17.4 Å². The summed E-state index contributed by atoms with van der Waals surface area (Å²) in [5.41, 5.74) is 0.792. The average molecular weight is 396 g/mol. The lowest BCUT2D eigenvalue weighted by Gasteiger charge is -2.19. The molecule has 0 aliphatic heterocycles. The summed E-state index contributed by atoms with van der Waals surface area (Å²) in [6.45, 7) is -0.241. The van der Waals surface area contributed by atoms with Gasteiger partial charge in [0.05, 0.1) is 12.0 Å². The SMILES string of the molecule is COc1ccc(C(NC(=O)COc2ccc([N+](=O)[O-])cc2)c2nccn2C)cc1. The van der Waals surface area contributed by atoms with Crippen molar-refractivity contribution in [3.05, 3.63) is 82.4 Å². The summed E-state index contributed by atoms with van der Waals surface area (Å²) in [5, 5.41) is 13.6. The highest BCUT2D eigenvalue weighted by Gasteiger charge is 2.21. The Labute approximate surface area is 167 Å². The van der Waals surface area contributed by atoms with Gasteiger partial charge >= 0.3 is 0 Å². The van der Waals surface area contributed by atoms with Crippen LogP contribution in [0.5, 0.6) is 11.5 Å². The van der Waals surface area contributed by atoms with Crippen LogP contribution in [0, 0.1) is 10.1 Å². The molecule has 1 aromatic heterocycles. The number of rotatable bonds is 8. The molecule has 1 atom stereocenters. The fourth-order valence-electron chi connectivity index (χ4n) is 2.76. The van der Waals surface area contributed by atoms with Crippen molar-refractivity contribution in [2.75, 3.05) is 13.7 Å². The van der Waals surface area contributed by atoms with Crippen LogP contribution in [0.4, 0.5) is 5.69 Å². The van der Waals surface area contributed by atoms with Crippen LogP contribution in [0.2, 0.25) is 0 Å². The van der Waals surface area contributed by atoms with Crippen molar-refractivity contribution in [1.82, 2.24) is 14.9 Å². The quantitative estimate of drug-likeness (QED) is 0.463. The summed E-state index contributed by atoms with van der Waals surface area (Å²) < 4.78 is 12.5. The van der Waals surface area contributed by atoms with Crippen LogP contribution >= 0.6 is 0 Å². The van der Waals surface area contributed by atoms with E-state index in [2.05, 4.69) is 10.3 Å². The molecule has 1 N–H and O–H groups in total. The maximum Gasteiger partial charge on any atom is 0.269 e. The fourth-order valence-corrected chi connectivity index (χ4v) is 2.76. The minimum atomic E-state index is -0.497. The number of aromatic nitrogens is 2. The lowest BCUT2D eigenvalue weighted by atomic mass is 10.1. The molecule has 0 saturated carbocycles. The molecule has 1 heterocycles. The molecule has 0 saturated heterocycles. The molecule has 0 aliphatic rings. The number of nitro benzene ring substituents is 1. The van der Waals surface area contributed by atoms with Crippen LogP contribution in [-0.2, 0) is 11.8 Å². The maximum absolute atomic E-state index is 12.5. The first-order chi connectivity index (χ1) is 14.0. The number of nitrogens with one attached hydrogen (secondary N) is 1. The molecular weight excluding hydrogens is 376 g/mol. The molecule has 3 aromatic rings. The van der Waals surface area contributed by atoms with Gasteiger partial charge in [0, 0.05) is 31.6 Å². The van der Waals surface area contributed by atoms with E-state index in [-0.39, 0.29) is 18.2 Å². The average Bonchev–Trinajstić information content (AvgIpc) is 3.16. The van der Waals surface area contributed by atoms with Crippen LogP contribution in [-0.4, -0.2) is 34.1 Å². The molecule has 0 aliphatic carbocycles. The number of nitrogens with zero attached hydrogens (tertiary/aromatic N) is 3. The number of imidazole rings is 1. The highest BCUT2D eigenvalue weighted by molar-refractivity contribution is 5.78. The number of aryl methyl sites for hydroxylation is 1. The van der Waals surface area contributed by atoms with Crippen LogP contribution in [0.15, 0.2) is 60.9 Å². The number of nitro groups is 1. The van der Waals surface area contributed by atoms with Gasteiger partial charge in [-0.25, -0.2) is 4.98 Å². The van der Waals surface area contributed by atoms with E-state index in [0.29, 0.717) is 17.3 Å². The largest absolute Gasteiger partial charge is 0.497 e. The normalized spacial score (nSPS) is 11.5. The molecule has 1 amide bonds. The minimum Gasteiger partial charge on any atom is -0.497 e. The van der Waals surface area contributed by atoms with Crippen molar-refractivity contribution < 1.29 is 19.2 Å². The van der Waals surface area contributed by atoms with Crippen molar-refractivity contribution in [1.29, 1.82) is 0 Å². The van der Waals surface area contributed by atoms with E-state index in [1.165, 1.54) is 24.3 Å². The third kappa shape index (κ3) is 4.89. The van der Waals surface area contributed by atoms with E-state index >= 15 is 0 Å². The van der Waals surface area contributed by atoms with Gasteiger partial charge in [-0.2, -0.15) is 0 Å². The number of methoxy groups -OCH3 is 1. The van der Waals surface area contributed by atoms with E-state index < -0.39 is 11.0 Å². The van der Waals surface area contributed by atoms with Gasteiger partial charge in [0.15, 0.2) is 6.61 Å². The second kappa shape index (κ2) is 8.87. The Morgan fingerprint density at radius 3 is 2.38 bits per heavy atom. The first kappa shape index (κ1) is 19.9. The van der Waals surface area contributed by atoms with Crippen molar-refractivity contribution >= 4 is 11.6 Å². The molecule has 3 rings (SSSR count). The summed E-state index contributed by atoms with van der Waals surface area (Å²) in [6, 6.07) is 12.4. The third-order valence-corrected chi connectivity index (χ3v) is 4.29. The standard InChI is InChI=1S/C20H20N4O5/c1-23-12-11-21-20(23)19(14-3-7-16(28-2)8-4-14)22-18(25)13-29-17-9-5-15(6-10-17)24(26)27/h3-12,19H,13H2,1-2H3,(H,22,25). The van der Waals surface area contributed by atoms with Gasteiger partial charge < -0.3 is 19.4 Å². The molecule has 9 nitrogen and oxygen atoms in total.